The number of hydrogen-bond acceptors (Lipinski definition) is 2. The molecule has 0 atom stereocenters. The van der Waals surface area contributed by atoms with Crippen LogP contribution in [0.2, 0.25) is 0 Å². The van der Waals surface area contributed by atoms with Gasteiger partial charge in [0.2, 0.25) is 0 Å². The Labute approximate surface area is 86.6 Å². The summed E-state index contributed by atoms with van der Waals surface area (Å²) in [4.78, 5) is 10.3. The zero-order valence-electron chi connectivity index (χ0n) is 6.54. The molecule has 4 heteroatoms. The van der Waals surface area contributed by atoms with Crippen LogP contribution in [-0.4, -0.2) is 16.2 Å². The van der Waals surface area contributed by atoms with E-state index in [2.05, 4.69) is 6.58 Å². The van der Waals surface area contributed by atoms with Crippen LogP contribution in [0.15, 0.2) is 36.1 Å². The van der Waals surface area contributed by atoms with Gasteiger partial charge in [-0.1, -0.05) is 18.7 Å². The molecule has 2 N–H and O–H groups in total. The maximum atomic E-state index is 10.3. The fourth-order valence-corrected chi connectivity index (χ4v) is 0.549. The Morgan fingerprint density at radius 3 is 2.17 bits per heavy atom. The maximum Gasteiger partial charge on any atom is 0.339 e. The largest absolute Gasteiger partial charge is 0.507 e. The third-order valence-corrected chi connectivity index (χ3v) is 1.04. The average molecular weight is 262 g/mol. The van der Waals surface area contributed by atoms with Crippen LogP contribution in [0.1, 0.15) is 6.92 Å². The van der Waals surface area contributed by atoms with Crippen molar-refractivity contribution in [2.45, 2.75) is 6.92 Å². The number of aliphatic carboxylic acids is 1. The minimum atomic E-state index is -1.18. The van der Waals surface area contributed by atoms with E-state index in [9.17, 15) is 4.79 Å². The van der Waals surface area contributed by atoms with E-state index in [0.29, 0.717) is 0 Å². The van der Waals surface area contributed by atoms with Crippen LogP contribution in [0.4, 0.5) is 0 Å². The predicted octanol–water partition coefficient (Wildman–Crippen LogP) is 1.64. The molecule has 0 spiro atoms. The molecule has 0 rings (SSSR count). The fraction of sp³-hybridized carbons (Fsp3) is 0.125. The Hall–Kier alpha value is -0.770. The summed E-state index contributed by atoms with van der Waals surface area (Å²) in [6, 6.07) is 0. The molecule has 0 fully saturated rings. The van der Waals surface area contributed by atoms with Gasteiger partial charge in [-0.2, -0.15) is 0 Å². The number of carboxylic acids is 1. The van der Waals surface area contributed by atoms with Crippen molar-refractivity contribution < 1.29 is 37.4 Å². The first-order valence-corrected chi connectivity index (χ1v) is 3.05. The second-order valence-corrected chi connectivity index (χ2v) is 1.81. The van der Waals surface area contributed by atoms with Crippen LogP contribution < -0.4 is 0 Å². The van der Waals surface area contributed by atoms with Crippen molar-refractivity contribution in [3.8, 4) is 0 Å². The zero-order valence-corrected chi connectivity index (χ0v) is 8.03. The molecule has 0 heterocycles. The molecular weight excluding hydrogens is 252 g/mol. The summed E-state index contributed by atoms with van der Waals surface area (Å²) >= 11 is 0. The van der Waals surface area contributed by atoms with E-state index < -0.39 is 5.97 Å². The van der Waals surface area contributed by atoms with Crippen LogP contribution >= 0.6 is 0 Å². The molecule has 1 radical (unpaired) electrons. The molecule has 3 nitrogen and oxygen atoms in total. The van der Waals surface area contributed by atoms with E-state index in [1.54, 1.807) is 13.0 Å². The Bertz CT molecular complexity index is 228. The molecule has 0 amide bonds. The van der Waals surface area contributed by atoms with Crippen molar-refractivity contribution in [1.29, 1.82) is 0 Å². The van der Waals surface area contributed by atoms with Crippen LogP contribution in [-0.2, 0) is 27.2 Å². The number of aliphatic hydroxyl groups is 1. The second kappa shape index (κ2) is 6.91. The average Bonchev–Trinajstić information content (AvgIpc) is 1.88. The minimum Gasteiger partial charge on any atom is -0.507 e. The first-order valence-electron chi connectivity index (χ1n) is 3.05. The van der Waals surface area contributed by atoms with Gasteiger partial charge in [0.05, 0.1) is 0 Å². The van der Waals surface area contributed by atoms with Gasteiger partial charge in [0.25, 0.3) is 0 Å². The molecule has 0 aromatic rings. The molecule has 0 unspecified atom stereocenters. The van der Waals surface area contributed by atoms with Gasteiger partial charge >= 0.3 is 5.97 Å². The molecule has 0 saturated carbocycles. The van der Waals surface area contributed by atoms with Crippen molar-refractivity contribution in [2.75, 3.05) is 0 Å². The molecule has 0 aliphatic heterocycles. The molecule has 0 aromatic carbocycles. The molecule has 71 valence electrons. The molecule has 0 saturated heterocycles. The van der Waals surface area contributed by atoms with Crippen molar-refractivity contribution in [2.24, 2.45) is 0 Å². The summed E-state index contributed by atoms with van der Waals surface area (Å²) in [5.74, 6) is -1.47. The third-order valence-electron chi connectivity index (χ3n) is 1.04. The van der Waals surface area contributed by atoms with Gasteiger partial charge in [0.15, 0.2) is 0 Å². The van der Waals surface area contributed by atoms with Gasteiger partial charge in [-0.15, -0.1) is 0 Å². The van der Waals surface area contributed by atoms with Crippen LogP contribution in [0.3, 0.4) is 0 Å². The second-order valence-electron chi connectivity index (χ2n) is 1.81. The number of carboxylic acid groups (broad SMARTS) is 1. The Kier molecular flexibility index (Phi) is 7.94. The number of carbonyl (C=O) groups is 1. The van der Waals surface area contributed by atoms with E-state index in [0.717, 1.165) is 6.08 Å². The monoisotopic (exact) mass is 261 g/mol. The molecule has 0 aliphatic rings. The maximum absolute atomic E-state index is 10.3. The Morgan fingerprint density at radius 1 is 1.42 bits per heavy atom. The SMILES string of the molecule is C=C/C(C(=O)O)=C(O)\C=C/C.[Ag]. The Morgan fingerprint density at radius 2 is 1.92 bits per heavy atom. The van der Waals surface area contributed by atoms with Crippen LogP contribution in [0.5, 0.6) is 0 Å². The molecule has 12 heavy (non-hydrogen) atoms. The topological polar surface area (TPSA) is 57.5 Å². The van der Waals surface area contributed by atoms with Gasteiger partial charge in [-0.3, -0.25) is 0 Å². The van der Waals surface area contributed by atoms with E-state index in [1.165, 1.54) is 6.08 Å². The van der Waals surface area contributed by atoms with Crippen molar-refractivity contribution >= 4 is 5.97 Å². The van der Waals surface area contributed by atoms with Crippen LogP contribution in [0.25, 0.3) is 0 Å². The van der Waals surface area contributed by atoms with Gasteiger partial charge in [-0.05, 0) is 13.0 Å². The van der Waals surface area contributed by atoms with E-state index in [4.69, 9.17) is 10.2 Å². The first kappa shape index (κ1) is 13.8. The molecule has 0 aliphatic carbocycles. The molecule has 0 bridgehead atoms. The summed E-state index contributed by atoms with van der Waals surface area (Å²) < 4.78 is 0. The summed E-state index contributed by atoms with van der Waals surface area (Å²) in [6.07, 6.45) is 3.94. The zero-order chi connectivity index (χ0) is 8.85. The first-order chi connectivity index (χ1) is 5.13. The minimum absolute atomic E-state index is 0. The summed E-state index contributed by atoms with van der Waals surface area (Å²) in [5.41, 5.74) is -0.192. The smallest absolute Gasteiger partial charge is 0.339 e. The summed E-state index contributed by atoms with van der Waals surface area (Å²) in [5, 5.41) is 17.5. The van der Waals surface area contributed by atoms with Gasteiger partial charge in [0.1, 0.15) is 11.3 Å². The van der Waals surface area contributed by atoms with E-state index in [1.807, 2.05) is 0 Å². The normalized spacial score (nSPS) is 11.8. The van der Waals surface area contributed by atoms with Crippen molar-refractivity contribution in [3.05, 3.63) is 36.1 Å². The van der Waals surface area contributed by atoms with Crippen molar-refractivity contribution in [3.63, 3.8) is 0 Å². The summed E-state index contributed by atoms with van der Waals surface area (Å²) in [7, 11) is 0. The number of allylic oxidation sites excluding steroid dienone is 2. The number of hydrogen-bond donors (Lipinski definition) is 2. The van der Waals surface area contributed by atoms with Gasteiger partial charge < -0.3 is 10.2 Å². The van der Waals surface area contributed by atoms with E-state index >= 15 is 0 Å². The van der Waals surface area contributed by atoms with Gasteiger partial charge in [-0.25, -0.2) is 4.79 Å². The van der Waals surface area contributed by atoms with E-state index in [-0.39, 0.29) is 33.7 Å². The van der Waals surface area contributed by atoms with Crippen molar-refractivity contribution in [1.82, 2.24) is 0 Å². The Balaban J connectivity index is 0. The predicted molar refractivity (Wildman–Crippen MR) is 42.3 cm³/mol. The number of aliphatic hydroxyl groups excluding tert-OH is 1. The number of rotatable bonds is 3. The third kappa shape index (κ3) is 4.18. The quantitative estimate of drug-likeness (QED) is 0.352. The standard InChI is InChI=1S/C8H10O3.Ag/c1-3-5-7(9)6(4-2)8(10)11;/h3-5,9H,2H2,1H3,(H,10,11);/b5-3-,7-6-;. The molecule has 0 aromatic heterocycles. The van der Waals surface area contributed by atoms with Gasteiger partial charge in [0, 0.05) is 22.4 Å². The molecular formula is C8H10AgO3. The summed E-state index contributed by atoms with van der Waals surface area (Å²) in [6.45, 7) is 4.93. The van der Waals surface area contributed by atoms with Crippen LogP contribution in [0, 0.1) is 0 Å². The fourth-order valence-electron chi connectivity index (χ4n) is 0.549.